The Balaban J connectivity index is 1.29. The Labute approximate surface area is 192 Å². The summed E-state index contributed by atoms with van der Waals surface area (Å²) in [7, 11) is 0. The highest BCUT2D eigenvalue weighted by Gasteiger charge is 2.10. The van der Waals surface area contributed by atoms with E-state index in [4.69, 9.17) is 10.7 Å². The zero-order valence-electron chi connectivity index (χ0n) is 18.6. The van der Waals surface area contributed by atoms with E-state index in [1.807, 2.05) is 36.4 Å². The lowest BCUT2D eigenvalue weighted by atomic mass is 9.96. The number of para-hydroxylation sites is 1. The molecule has 7 heteroatoms. The van der Waals surface area contributed by atoms with Gasteiger partial charge in [-0.15, -0.1) is 0 Å². The van der Waals surface area contributed by atoms with E-state index in [0.717, 1.165) is 39.0 Å². The molecule has 0 aliphatic rings. The fourth-order valence-corrected chi connectivity index (χ4v) is 4.12. The van der Waals surface area contributed by atoms with Crippen molar-refractivity contribution in [2.75, 3.05) is 16.4 Å². The van der Waals surface area contributed by atoms with Gasteiger partial charge in [0.2, 0.25) is 0 Å². The summed E-state index contributed by atoms with van der Waals surface area (Å²) in [5.41, 5.74) is 11.6. The summed E-state index contributed by atoms with van der Waals surface area (Å²) in [5, 5.41) is 10.0. The standard InChI is InChI=1S/C26H25N7/c1-16-11-21-20(9-10-28-26(21)27)17(2)22(16)14-30-25-12-24(31-15-32-25)29-13-19-8-7-18-5-3-4-6-23(18)33-19/h3-12,15H,13-14H2,1-2H3,(H2,27,28)(H2,29,30,31,32). The molecule has 0 radical (unpaired) electrons. The molecule has 0 unspecified atom stereocenters. The van der Waals surface area contributed by atoms with Crippen LogP contribution in [-0.2, 0) is 13.1 Å². The Hall–Kier alpha value is -4.26. The second kappa shape index (κ2) is 8.70. The fraction of sp³-hybridized carbons (Fsp3) is 0.154. The Morgan fingerprint density at radius 1 is 0.818 bits per heavy atom. The molecule has 2 aromatic carbocycles. The summed E-state index contributed by atoms with van der Waals surface area (Å²) in [6.07, 6.45) is 3.31. The van der Waals surface area contributed by atoms with Gasteiger partial charge in [0, 0.05) is 29.6 Å². The number of hydrogen-bond acceptors (Lipinski definition) is 7. The maximum Gasteiger partial charge on any atom is 0.131 e. The van der Waals surface area contributed by atoms with Gasteiger partial charge < -0.3 is 16.4 Å². The number of nitrogen functional groups attached to an aromatic ring is 1. The van der Waals surface area contributed by atoms with Gasteiger partial charge in [0.25, 0.3) is 0 Å². The van der Waals surface area contributed by atoms with Crippen molar-refractivity contribution in [1.29, 1.82) is 0 Å². The summed E-state index contributed by atoms with van der Waals surface area (Å²) in [6, 6.07) is 18.2. The summed E-state index contributed by atoms with van der Waals surface area (Å²) >= 11 is 0. The molecule has 7 nitrogen and oxygen atoms in total. The molecule has 0 saturated heterocycles. The molecule has 0 spiro atoms. The molecular weight excluding hydrogens is 410 g/mol. The predicted octanol–water partition coefficient (Wildman–Crippen LogP) is 5.00. The fourth-order valence-electron chi connectivity index (χ4n) is 4.12. The molecule has 0 bridgehead atoms. The highest BCUT2D eigenvalue weighted by Crippen LogP contribution is 2.28. The topological polar surface area (TPSA) is 102 Å². The molecule has 5 aromatic rings. The van der Waals surface area contributed by atoms with Crippen molar-refractivity contribution < 1.29 is 0 Å². The quantitative estimate of drug-likeness (QED) is 0.345. The van der Waals surface area contributed by atoms with Crippen molar-refractivity contribution in [3.63, 3.8) is 0 Å². The number of benzene rings is 2. The maximum atomic E-state index is 6.07. The lowest BCUT2D eigenvalue weighted by Crippen LogP contribution is -2.08. The van der Waals surface area contributed by atoms with Crippen LogP contribution in [0.4, 0.5) is 17.5 Å². The van der Waals surface area contributed by atoms with Gasteiger partial charge in [-0.1, -0.05) is 24.3 Å². The number of pyridine rings is 2. The largest absolute Gasteiger partial charge is 0.383 e. The first kappa shape index (κ1) is 20.6. The van der Waals surface area contributed by atoms with Gasteiger partial charge in [0.05, 0.1) is 17.8 Å². The number of nitrogens with zero attached hydrogens (tertiary/aromatic N) is 4. The van der Waals surface area contributed by atoms with Crippen LogP contribution in [0.1, 0.15) is 22.4 Å². The van der Waals surface area contributed by atoms with Gasteiger partial charge in [-0.05, 0) is 60.2 Å². The van der Waals surface area contributed by atoms with E-state index in [1.54, 1.807) is 12.5 Å². The minimum absolute atomic E-state index is 0.561. The molecule has 0 aliphatic heterocycles. The smallest absolute Gasteiger partial charge is 0.131 e. The van der Waals surface area contributed by atoms with Crippen molar-refractivity contribution >= 4 is 39.1 Å². The van der Waals surface area contributed by atoms with Crippen molar-refractivity contribution in [3.05, 3.63) is 89.5 Å². The molecule has 4 N–H and O–H groups in total. The Morgan fingerprint density at radius 3 is 2.45 bits per heavy atom. The zero-order valence-corrected chi connectivity index (χ0v) is 18.6. The first-order valence-electron chi connectivity index (χ1n) is 10.9. The van der Waals surface area contributed by atoms with E-state index in [-0.39, 0.29) is 0 Å². The third-order valence-corrected chi connectivity index (χ3v) is 5.93. The van der Waals surface area contributed by atoms with E-state index in [9.17, 15) is 0 Å². The van der Waals surface area contributed by atoms with Crippen molar-refractivity contribution in [2.45, 2.75) is 26.9 Å². The number of aryl methyl sites for hydroxylation is 2. The van der Waals surface area contributed by atoms with Crippen LogP contribution in [0, 0.1) is 13.8 Å². The van der Waals surface area contributed by atoms with E-state index in [2.05, 4.69) is 57.6 Å². The van der Waals surface area contributed by atoms with Gasteiger partial charge in [0.1, 0.15) is 23.8 Å². The molecule has 0 amide bonds. The monoisotopic (exact) mass is 435 g/mol. The maximum absolute atomic E-state index is 6.07. The SMILES string of the molecule is Cc1cc2c(N)nccc2c(C)c1CNc1cc(NCc2ccc3ccccc3n2)ncn1. The number of hydrogen-bond donors (Lipinski definition) is 3. The number of nitrogens with one attached hydrogen (secondary N) is 2. The summed E-state index contributed by atoms with van der Waals surface area (Å²) in [4.78, 5) is 17.6. The molecule has 33 heavy (non-hydrogen) atoms. The van der Waals surface area contributed by atoms with Gasteiger partial charge >= 0.3 is 0 Å². The Kier molecular flexibility index (Phi) is 5.44. The first-order chi connectivity index (χ1) is 16.1. The molecule has 3 heterocycles. The summed E-state index contributed by atoms with van der Waals surface area (Å²) in [6.45, 7) is 5.45. The molecular formula is C26H25N7. The average Bonchev–Trinajstić information content (AvgIpc) is 2.83. The minimum atomic E-state index is 0.561. The highest BCUT2D eigenvalue weighted by molar-refractivity contribution is 5.94. The van der Waals surface area contributed by atoms with Gasteiger partial charge in [-0.2, -0.15) is 0 Å². The van der Waals surface area contributed by atoms with Crippen LogP contribution < -0.4 is 16.4 Å². The lowest BCUT2D eigenvalue weighted by molar-refractivity contribution is 1.02. The lowest BCUT2D eigenvalue weighted by Gasteiger charge is -2.15. The number of rotatable bonds is 6. The van der Waals surface area contributed by atoms with Crippen molar-refractivity contribution in [2.24, 2.45) is 0 Å². The van der Waals surface area contributed by atoms with Gasteiger partial charge in [-0.3, -0.25) is 4.98 Å². The summed E-state index contributed by atoms with van der Waals surface area (Å²) < 4.78 is 0. The molecule has 0 aliphatic carbocycles. The van der Waals surface area contributed by atoms with Crippen LogP contribution in [-0.4, -0.2) is 19.9 Å². The normalized spacial score (nSPS) is 11.1. The third kappa shape index (κ3) is 4.25. The molecule has 0 fully saturated rings. The van der Waals surface area contributed by atoms with E-state index >= 15 is 0 Å². The number of anilines is 3. The first-order valence-corrected chi connectivity index (χ1v) is 10.9. The van der Waals surface area contributed by atoms with E-state index < -0.39 is 0 Å². The van der Waals surface area contributed by atoms with E-state index in [1.165, 1.54) is 16.7 Å². The van der Waals surface area contributed by atoms with Crippen LogP contribution in [0.25, 0.3) is 21.7 Å². The summed E-state index contributed by atoms with van der Waals surface area (Å²) in [5.74, 6) is 2.06. The van der Waals surface area contributed by atoms with Gasteiger partial charge in [0.15, 0.2) is 0 Å². The zero-order chi connectivity index (χ0) is 22.8. The Morgan fingerprint density at radius 2 is 1.61 bits per heavy atom. The molecule has 3 aromatic heterocycles. The van der Waals surface area contributed by atoms with Crippen LogP contribution in [0.3, 0.4) is 0 Å². The van der Waals surface area contributed by atoms with Gasteiger partial charge in [-0.25, -0.2) is 15.0 Å². The minimum Gasteiger partial charge on any atom is -0.383 e. The molecule has 164 valence electrons. The predicted molar refractivity (Wildman–Crippen MR) is 134 cm³/mol. The second-order valence-electron chi connectivity index (χ2n) is 8.08. The average molecular weight is 436 g/mol. The molecule has 0 atom stereocenters. The molecule has 0 saturated carbocycles. The third-order valence-electron chi connectivity index (χ3n) is 5.93. The number of nitrogens with two attached hydrogens (primary N) is 1. The number of fused-ring (bicyclic) bond motifs is 2. The van der Waals surface area contributed by atoms with Crippen molar-refractivity contribution in [1.82, 2.24) is 19.9 Å². The Bertz CT molecular complexity index is 1460. The second-order valence-corrected chi connectivity index (χ2v) is 8.08. The van der Waals surface area contributed by atoms with Crippen LogP contribution >= 0.6 is 0 Å². The van der Waals surface area contributed by atoms with Crippen LogP contribution in [0.2, 0.25) is 0 Å². The number of aromatic nitrogens is 4. The molecule has 5 rings (SSSR count). The van der Waals surface area contributed by atoms with E-state index in [0.29, 0.717) is 18.9 Å². The van der Waals surface area contributed by atoms with Crippen molar-refractivity contribution in [3.8, 4) is 0 Å². The van der Waals surface area contributed by atoms with Crippen LogP contribution in [0.5, 0.6) is 0 Å². The highest BCUT2D eigenvalue weighted by atomic mass is 15.1. The van der Waals surface area contributed by atoms with Crippen LogP contribution in [0.15, 0.2) is 67.1 Å².